The monoisotopic (exact) mass is 231 g/mol. The quantitative estimate of drug-likeness (QED) is 0.354. The fraction of sp³-hybridized carbons (Fsp3) is 1.00. The molecule has 1 rings (SSSR count). The second kappa shape index (κ2) is 5.47. The van der Waals surface area contributed by atoms with E-state index in [-0.39, 0.29) is 12.5 Å². The van der Waals surface area contributed by atoms with Crippen molar-refractivity contribution in [3.05, 3.63) is 10.4 Å². The maximum absolute atomic E-state index is 9.68. The fourth-order valence-corrected chi connectivity index (χ4v) is 1.80. The van der Waals surface area contributed by atoms with Crippen LogP contribution in [0.4, 0.5) is 0 Å². The van der Waals surface area contributed by atoms with Crippen LogP contribution in [0.2, 0.25) is 0 Å². The Kier molecular flexibility index (Phi) is 4.52. The van der Waals surface area contributed by atoms with E-state index >= 15 is 0 Å². The van der Waals surface area contributed by atoms with Crippen molar-refractivity contribution < 1.29 is 20.1 Å². The molecular weight excluding hydrogens is 214 g/mol. The average molecular weight is 231 g/mol. The van der Waals surface area contributed by atoms with Crippen LogP contribution in [-0.4, -0.2) is 52.4 Å². The van der Waals surface area contributed by atoms with Crippen molar-refractivity contribution in [2.45, 2.75) is 44.4 Å². The van der Waals surface area contributed by atoms with Crippen LogP contribution in [0.3, 0.4) is 0 Å². The zero-order valence-electron chi connectivity index (χ0n) is 9.26. The van der Waals surface area contributed by atoms with Gasteiger partial charge >= 0.3 is 0 Å². The van der Waals surface area contributed by atoms with Crippen LogP contribution < -0.4 is 0 Å². The summed E-state index contributed by atoms with van der Waals surface area (Å²) < 4.78 is 5.42. The third-order valence-electron chi connectivity index (χ3n) is 2.73. The number of aliphatic hydroxyl groups is 3. The maximum atomic E-state index is 9.68. The number of ether oxygens (including phenoxy) is 1. The van der Waals surface area contributed by atoms with Crippen LogP contribution in [0.25, 0.3) is 10.4 Å². The van der Waals surface area contributed by atoms with Crippen LogP contribution in [0.15, 0.2) is 5.11 Å². The first-order valence-corrected chi connectivity index (χ1v) is 5.19. The van der Waals surface area contributed by atoms with Gasteiger partial charge < -0.3 is 20.1 Å². The van der Waals surface area contributed by atoms with Crippen LogP contribution in [0, 0.1) is 5.92 Å². The molecule has 1 aliphatic heterocycles. The first kappa shape index (κ1) is 13.2. The molecule has 3 N–H and O–H groups in total. The Morgan fingerprint density at radius 2 is 1.88 bits per heavy atom. The molecule has 0 aromatic rings. The van der Waals surface area contributed by atoms with E-state index in [9.17, 15) is 15.3 Å². The van der Waals surface area contributed by atoms with Crippen molar-refractivity contribution in [3.8, 4) is 0 Å². The zero-order chi connectivity index (χ0) is 12.3. The zero-order valence-corrected chi connectivity index (χ0v) is 9.26. The number of hydrogen-bond donors (Lipinski definition) is 3. The number of hydrogen-bond acceptors (Lipinski definition) is 5. The molecule has 2 unspecified atom stereocenters. The van der Waals surface area contributed by atoms with Gasteiger partial charge in [0.25, 0.3) is 0 Å². The first-order chi connectivity index (χ1) is 7.49. The highest BCUT2D eigenvalue weighted by Crippen LogP contribution is 2.25. The normalized spacial score (nSPS) is 39.5. The predicted octanol–water partition coefficient (Wildman–Crippen LogP) is -0.197. The van der Waals surface area contributed by atoms with E-state index < -0.39 is 30.5 Å². The molecule has 5 atom stereocenters. The molecule has 92 valence electrons. The molecule has 1 aliphatic rings. The molecule has 7 heteroatoms. The largest absolute Gasteiger partial charge is 0.388 e. The molecule has 16 heavy (non-hydrogen) atoms. The Morgan fingerprint density at radius 3 is 2.38 bits per heavy atom. The summed E-state index contributed by atoms with van der Waals surface area (Å²) in [5.41, 5.74) is 8.19. The second-order valence-electron chi connectivity index (χ2n) is 4.27. The summed E-state index contributed by atoms with van der Waals surface area (Å²) in [6.45, 7) is 3.61. The van der Waals surface area contributed by atoms with E-state index in [1.165, 1.54) is 0 Å². The number of nitrogens with zero attached hydrogens (tertiary/aromatic N) is 3. The van der Waals surface area contributed by atoms with E-state index in [0.29, 0.717) is 0 Å². The Hall–Kier alpha value is -0.850. The van der Waals surface area contributed by atoms with E-state index in [1.807, 2.05) is 13.8 Å². The lowest BCUT2D eigenvalue weighted by molar-refractivity contribution is -0.228. The third-order valence-corrected chi connectivity index (χ3v) is 2.73. The second-order valence-corrected chi connectivity index (χ2v) is 4.27. The summed E-state index contributed by atoms with van der Waals surface area (Å²) >= 11 is 0. The molecule has 7 nitrogen and oxygen atoms in total. The molecule has 0 aromatic heterocycles. The van der Waals surface area contributed by atoms with Gasteiger partial charge in [0.2, 0.25) is 0 Å². The highest BCUT2D eigenvalue weighted by Gasteiger charge is 2.44. The maximum Gasteiger partial charge on any atom is 0.111 e. The van der Waals surface area contributed by atoms with Crippen LogP contribution in [-0.2, 0) is 4.74 Å². The smallest absolute Gasteiger partial charge is 0.111 e. The van der Waals surface area contributed by atoms with E-state index in [0.717, 1.165) is 0 Å². The summed E-state index contributed by atoms with van der Waals surface area (Å²) in [6, 6.07) is 0. The van der Waals surface area contributed by atoms with E-state index in [2.05, 4.69) is 10.0 Å². The lowest BCUT2D eigenvalue weighted by atomic mass is 9.89. The summed E-state index contributed by atoms with van der Waals surface area (Å²) in [6.07, 6.45) is -4.99. The molecule has 1 heterocycles. The molecule has 0 radical (unpaired) electrons. The minimum atomic E-state index is -1.28. The number of aliphatic hydroxyl groups excluding tert-OH is 3. The van der Waals surface area contributed by atoms with Crippen molar-refractivity contribution in [2.24, 2.45) is 11.0 Å². The summed E-state index contributed by atoms with van der Waals surface area (Å²) in [7, 11) is 0. The third kappa shape index (κ3) is 2.63. The molecule has 1 saturated heterocycles. The first-order valence-electron chi connectivity index (χ1n) is 5.19. The van der Waals surface area contributed by atoms with Crippen molar-refractivity contribution in [3.63, 3.8) is 0 Å². The van der Waals surface area contributed by atoms with Crippen LogP contribution in [0.5, 0.6) is 0 Å². The minimum absolute atomic E-state index is 0.00860. The van der Waals surface area contributed by atoms with Gasteiger partial charge in [0.15, 0.2) is 0 Å². The van der Waals surface area contributed by atoms with Crippen LogP contribution >= 0.6 is 0 Å². The van der Waals surface area contributed by atoms with Crippen molar-refractivity contribution in [1.82, 2.24) is 0 Å². The molecule has 0 spiro atoms. The highest BCUT2D eigenvalue weighted by molar-refractivity contribution is 4.93. The molecule has 1 fully saturated rings. The average Bonchev–Trinajstić information content (AvgIpc) is 2.24. The van der Waals surface area contributed by atoms with Gasteiger partial charge in [-0.05, 0) is 11.4 Å². The molecule has 0 aliphatic carbocycles. The Bertz CT molecular complexity index is 280. The van der Waals surface area contributed by atoms with Gasteiger partial charge in [-0.15, -0.1) is 0 Å². The molecule has 0 bridgehead atoms. The predicted molar refractivity (Wildman–Crippen MR) is 55.5 cm³/mol. The Balaban J connectivity index is 2.76. The standard InChI is InChI=1S/C9H17N3O4/c1-4(2)9-8(15)7(14)6(13)5(16-9)3-11-12-10/h4-9,13-15H,3H2,1-2H3/t5?,6-,7+,8?,9+/m1/s1. The Morgan fingerprint density at radius 1 is 1.25 bits per heavy atom. The van der Waals surface area contributed by atoms with Crippen molar-refractivity contribution in [1.29, 1.82) is 0 Å². The van der Waals surface area contributed by atoms with Gasteiger partial charge in [-0.25, -0.2) is 0 Å². The summed E-state index contributed by atoms with van der Waals surface area (Å²) in [4.78, 5) is 2.57. The molecule has 0 aromatic carbocycles. The SMILES string of the molecule is CC(C)[C@@H]1OC(CN=[N+]=[N-])[C@@H](O)[C@H](O)C1O. The molecular formula is C9H17N3O4. The number of azide groups is 1. The van der Waals surface area contributed by atoms with Gasteiger partial charge in [-0.3, -0.25) is 0 Å². The molecule has 0 saturated carbocycles. The summed E-state index contributed by atoms with van der Waals surface area (Å²) in [5.74, 6) is -0.00860. The van der Waals surface area contributed by atoms with Gasteiger partial charge in [0.05, 0.1) is 18.8 Å². The highest BCUT2D eigenvalue weighted by atomic mass is 16.5. The summed E-state index contributed by atoms with van der Waals surface area (Å²) in [5, 5.41) is 32.2. The van der Waals surface area contributed by atoms with Gasteiger partial charge in [-0.1, -0.05) is 19.0 Å². The van der Waals surface area contributed by atoms with Crippen molar-refractivity contribution in [2.75, 3.05) is 6.54 Å². The Labute approximate surface area is 93.3 Å². The number of rotatable bonds is 3. The van der Waals surface area contributed by atoms with Crippen LogP contribution in [0.1, 0.15) is 13.8 Å². The lowest BCUT2D eigenvalue weighted by Crippen LogP contribution is -2.59. The molecule has 0 amide bonds. The van der Waals surface area contributed by atoms with E-state index in [1.54, 1.807) is 0 Å². The van der Waals surface area contributed by atoms with Gasteiger partial charge in [-0.2, -0.15) is 0 Å². The van der Waals surface area contributed by atoms with Crippen molar-refractivity contribution >= 4 is 0 Å². The minimum Gasteiger partial charge on any atom is -0.388 e. The fourth-order valence-electron chi connectivity index (χ4n) is 1.80. The van der Waals surface area contributed by atoms with Gasteiger partial charge in [0.1, 0.15) is 18.3 Å². The van der Waals surface area contributed by atoms with Gasteiger partial charge in [0, 0.05) is 4.91 Å². The lowest BCUT2D eigenvalue weighted by Gasteiger charge is -2.42. The van der Waals surface area contributed by atoms with E-state index in [4.69, 9.17) is 10.3 Å². The topological polar surface area (TPSA) is 119 Å².